The Hall–Kier alpha value is -2.33. The van der Waals surface area contributed by atoms with E-state index in [1.807, 2.05) is 24.3 Å². The van der Waals surface area contributed by atoms with Gasteiger partial charge in [0.2, 0.25) is 0 Å². The van der Waals surface area contributed by atoms with Crippen LogP contribution in [0.25, 0.3) is 22.0 Å². The lowest BCUT2D eigenvalue weighted by Crippen LogP contribution is -1.91. The number of halogens is 1. The molecule has 19 heavy (non-hydrogen) atoms. The van der Waals surface area contributed by atoms with Gasteiger partial charge in [-0.05, 0) is 18.2 Å². The van der Waals surface area contributed by atoms with Crippen LogP contribution in [0.2, 0.25) is 5.02 Å². The number of aromatic amines is 1. The van der Waals surface area contributed by atoms with Crippen molar-refractivity contribution >= 4 is 28.2 Å². The van der Waals surface area contributed by atoms with Crippen LogP contribution in [0.4, 0.5) is 5.69 Å². The van der Waals surface area contributed by atoms with Crippen LogP contribution in [0.15, 0.2) is 48.7 Å². The summed E-state index contributed by atoms with van der Waals surface area (Å²) in [7, 11) is 0. The molecule has 3 rings (SSSR count). The molecule has 0 bridgehead atoms. The topological polar surface area (TPSA) is 58.9 Å². The van der Waals surface area contributed by atoms with Crippen molar-refractivity contribution in [2.24, 2.45) is 0 Å². The molecule has 94 valence electrons. The number of nitro groups is 1. The molecule has 5 heteroatoms. The number of nitrogens with one attached hydrogen (secondary N) is 1. The zero-order chi connectivity index (χ0) is 13.4. The normalized spacial score (nSPS) is 10.8. The standard InChI is InChI=1S/C14H9ClN2O2/c15-9-5-6-14(17(18)19)11(7-9)12-8-16-13-4-2-1-3-10(12)13/h1-8,16H. The van der Waals surface area contributed by atoms with E-state index >= 15 is 0 Å². The summed E-state index contributed by atoms with van der Waals surface area (Å²) in [6.07, 6.45) is 1.77. The van der Waals surface area contributed by atoms with Crippen molar-refractivity contribution in [1.29, 1.82) is 0 Å². The third-order valence-corrected chi connectivity index (χ3v) is 3.27. The third kappa shape index (κ3) is 1.96. The number of para-hydroxylation sites is 1. The van der Waals surface area contributed by atoms with Crippen LogP contribution in [-0.2, 0) is 0 Å². The van der Waals surface area contributed by atoms with E-state index in [-0.39, 0.29) is 5.69 Å². The summed E-state index contributed by atoms with van der Waals surface area (Å²) in [6.45, 7) is 0. The number of hydrogen-bond acceptors (Lipinski definition) is 2. The molecule has 0 saturated carbocycles. The fraction of sp³-hybridized carbons (Fsp3) is 0. The molecular formula is C14H9ClN2O2. The summed E-state index contributed by atoms with van der Waals surface area (Å²) in [5, 5.41) is 12.5. The van der Waals surface area contributed by atoms with Crippen LogP contribution >= 0.6 is 11.6 Å². The molecule has 0 radical (unpaired) electrons. The second-order valence-corrected chi connectivity index (χ2v) is 4.60. The molecule has 3 aromatic rings. The average molecular weight is 273 g/mol. The molecule has 0 saturated heterocycles. The number of fused-ring (bicyclic) bond motifs is 1. The Kier molecular flexibility index (Phi) is 2.72. The van der Waals surface area contributed by atoms with E-state index in [4.69, 9.17) is 11.6 Å². The van der Waals surface area contributed by atoms with E-state index in [1.54, 1.807) is 12.3 Å². The van der Waals surface area contributed by atoms with Gasteiger partial charge in [-0.2, -0.15) is 0 Å². The fourth-order valence-corrected chi connectivity index (χ4v) is 2.35. The lowest BCUT2D eigenvalue weighted by Gasteiger charge is -2.02. The van der Waals surface area contributed by atoms with Crippen LogP contribution in [0.3, 0.4) is 0 Å². The van der Waals surface area contributed by atoms with Gasteiger partial charge in [0.05, 0.1) is 10.5 Å². The second-order valence-electron chi connectivity index (χ2n) is 4.17. The lowest BCUT2D eigenvalue weighted by atomic mass is 10.0. The molecule has 1 N–H and O–H groups in total. The van der Waals surface area contributed by atoms with Crippen molar-refractivity contribution in [1.82, 2.24) is 4.98 Å². The second kappa shape index (κ2) is 4.40. The Morgan fingerprint density at radius 1 is 1.11 bits per heavy atom. The molecule has 0 spiro atoms. The highest BCUT2D eigenvalue weighted by molar-refractivity contribution is 6.31. The Bertz CT molecular complexity index is 780. The molecule has 1 aromatic heterocycles. The van der Waals surface area contributed by atoms with E-state index in [9.17, 15) is 10.1 Å². The van der Waals surface area contributed by atoms with Gasteiger partial charge in [0.25, 0.3) is 5.69 Å². The molecule has 0 atom stereocenters. The van der Waals surface area contributed by atoms with Crippen LogP contribution in [0.1, 0.15) is 0 Å². The maximum atomic E-state index is 11.1. The maximum Gasteiger partial charge on any atom is 0.277 e. The van der Waals surface area contributed by atoms with Crippen LogP contribution < -0.4 is 0 Å². The SMILES string of the molecule is O=[N+]([O-])c1ccc(Cl)cc1-c1c[nH]c2ccccc12. The lowest BCUT2D eigenvalue weighted by molar-refractivity contribution is -0.384. The van der Waals surface area contributed by atoms with E-state index in [0.717, 1.165) is 16.5 Å². The van der Waals surface area contributed by atoms with Crippen LogP contribution in [0.5, 0.6) is 0 Å². The van der Waals surface area contributed by atoms with E-state index in [1.165, 1.54) is 12.1 Å². The summed E-state index contributed by atoms with van der Waals surface area (Å²) in [6, 6.07) is 12.2. The van der Waals surface area contributed by atoms with Gasteiger partial charge in [-0.3, -0.25) is 10.1 Å². The molecular weight excluding hydrogens is 264 g/mol. The van der Waals surface area contributed by atoms with Crippen molar-refractivity contribution in [2.45, 2.75) is 0 Å². The first-order chi connectivity index (χ1) is 9.16. The van der Waals surface area contributed by atoms with Gasteiger partial charge in [-0.15, -0.1) is 0 Å². The summed E-state index contributed by atoms with van der Waals surface area (Å²) in [5.41, 5.74) is 2.29. The van der Waals surface area contributed by atoms with E-state index in [2.05, 4.69) is 4.98 Å². The number of hydrogen-bond donors (Lipinski definition) is 1. The predicted molar refractivity (Wildman–Crippen MR) is 75.4 cm³/mol. The van der Waals surface area contributed by atoms with Crippen molar-refractivity contribution in [2.75, 3.05) is 0 Å². The smallest absolute Gasteiger partial charge is 0.277 e. The third-order valence-electron chi connectivity index (χ3n) is 3.03. The molecule has 0 unspecified atom stereocenters. The van der Waals surface area contributed by atoms with Gasteiger partial charge >= 0.3 is 0 Å². The predicted octanol–water partition coefficient (Wildman–Crippen LogP) is 4.40. The van der Waals surface area contributed by atoms with E-state index < -0.39 is 4.92 Å². The van der Waals surface area contributed by atoms with Crippen molar-refractivity contribution in [3.63, 3.8) is 0 Å². The molecule has 4 nitrogen and oxygen atoms in total. The fourth-order valence-electron chi connectivity index (χ4n) is 2.18. The Labute approximate surface area is 113 Å². The van der Waals surface area contributed by atoms with Crippen molar-refractivity contribution in [3.8, 4) is 11.1 Å². The van der Waals surface area contributed by atoms with Gasteiger partial charge < -0.3 is 4.98 Å². The first-order valence-electron chi connectivity index (χ1n) is 5.67. The zero-order valence-electron chi connectivity index (χ0n) is 9.76. The number of H-pyrrole nitrogens is 1. The largest absolute Gasteiger partial charge is 0.361 e. The van der Waals surface area contributed by atoms with Gasteiger partial charge in [0.15, 0.2) is 0 Å². The highest BCUT2D eigenvalue weighted by Crippen LogP contribution is 2.36. The highest BCUT2D eigenvalue weighted by atomic mass is 35.5. The van der Waals surface area contributed by atoms with Crippen molar-refractivity contribution < 1.29 is 4.92 Å². The summed E-state index contributed by atoms with van der Waals surface area (Å²) in [5.74, 6) is 0. The molecule has 0 aliphatic rings. The number of nitro benzene ring substituents is 1. The Morgan fingerprint density at radius 2 is 1.89 bits per heavy atom. The Balaban J connectivity index is 2.32. The molecule has 0 aliphatic heterocycles. The molecule has 0 fully saturated rings. The minimum absolute atomic E-state index is 0.0501. The maximum absolute atomic E-state index is 11.1. The minimum atomic E-state index is -0.395. The molecule has 2 aromatic carbocycles. The number of benzene rings is 2. The van der Waals surface area contributed by atoms with E-state index in [0.29, 0.717) is 10.6 Å². The van der Waals surface area contributed by atoms with Crippen LogP contribution in [0, 0.1) is 10.1 Å². The van der Waals surface area contributed by atoms with Crippen molar-refractivity contribution in [3.05, 3.63) is 63.8 Å². The van der Waals surface area contributed by atoms with Gasteiger partial charge in [-0.1, -0.05) is 29.8 Å². The van der Waals surface area contributed by atoms with Gasteiger partial charge in [-0.25, -0.2) is 0 Å². The van der Waals surface area contributed by atoms with Crippen LogP contribution in [-0.4, -0.2) is 9.91 Å². The Morgan fingerprint density at radius 3 is 2.68 bits per heavy atom. The first-order valence-corrected chi connectivity index (χ1v) is 6.05. The highest BCUT2D eigenvalue weighted by Gasteiger charge is 2.18. The monoisotopic (exact) mass is 272 g/mol. The molecule has 0 aliphatic carbocycles. The summed E-state index contributed by atoms with van der Waals surface area (Å²) < 4.78 is 0. The quantitative estimate of drug-likeness (QED) is 0.555. The average Bonchev–Trinajstić information content (AvgIpc) is 2.82. The number of aromatic nitrogens is 1. The zero-order valence-corrected chi connectivity index (χ0v) is 10.5. The minimum Gasteiger partial charge on any atom is -0.361 e. The summed E-state index contributed by atoms with van der Waals surface area (Å²) >= 11 is 5.96. The molecule has 0 amide bonds. The van der Waals surface area contributed by atoms with Gasteiger partial charge in [0, 0.05) is 33.8 Å². The molecule has 1 heterocycles. The first kappa shape index (κ1) is 11.7. The van der Waals surface area contributed by atoms with Gasteiger partial charge in [0.1, 0.15) is 0 Å². The number of rotatable bonds is 2. The summed E-state index contributed by atoms with van der Waals surface area (Å²) in [4.78, 5) is 13.8. The number of nitrogens with zero attached hydrogens (tertiary/aromatic N) is 1.